The van der Waals surface area contributed by atoms with Crippen LogP contribution in [0, 0.1) is 47.3 Å². The number of rotatable bonds is 50. The number of likely N-dealkylation sites (tertiary alicyclic amines) is 2. The maximum atomic E-state index is 15.4. The molecule has 7 N–H and O–H groups in total. The lowest BCUT2D eigenvalue weighted by atomic mass is 9.89. The molecule has 2 aliphatic rings. The van der Waals surface area contributed by atoms with E-state index in [1.54, 1.807) is 103 Å². The van der Waals surface area contributed by atoms with Crippen LogP contribution >= 0.6 is 0 Å². The molecule has 0 saturated carbocycles. The average molecular weight is 1720 g/mol. The zero-order valence-corrected chi connectivity index (χ0v) is 77.8. The van der Waals surface area contributed by atoms with Gasteiger partial charge in [0.2, 0.25) is 35.4 Å². The molecule has 0 aliphatic carbocycles. The summed E-state index contributed by atoms with van der Waals surface area (Å²) in [5.41, 5.74) is 4.06. The Hall–Kier alpha value is -9.06. The highest BCUT2D eigenvalue weighted by Gasteiger charge is 2.48. The monoisotopic (exact) mass is 1720 g/mol. The molecule has 0 radical (unpaired) electrons. The summed E-state index contributed by atoms with van der Waals surface area (Å²) in [4.78, 5) is 151. The van der Waals surface area contributed by atoms with Crippen molar-refractivity contribution in [3.63, 3.8) is 0 Å². The summed E-state index contributed by atoms with van der Waals surface area (Å²) in [5.74, 6) is -7.23. The van der Waals surface area contributed by atoms with Gasteiger partial charge >= 0.3 is 11.9 Å². The Balaban J connectivity index is 1.20. The number of nitrogens with one attached hydrogen (secondary N) is 5. The van der Waals surface area contributed by atoms with Crippen molar-refractivity contribution in [1.29, 1.82) is 0 Å². The molecule has 4 aromatic rings. The minimum atomic E-state index is -1.19. The van der Waals surface area contributed by atoms with Crippen LogP contribution in [0.2, 0.25) is 0 Å². The van der Waals surface area contributed by atoms with Gasteiger partial charge in [-0.15, -0.1) is 0 Å². The zero-order valence-electron chi connectivity index (χ0n) is 77.8. The van der Waals surface area contributed by atoms with Crippen LogP contribution in [0.4, 0.5) is 0 Å². The molecular formula is C95H148N10O18+2. The lowest BCUT2D eigenvalue weighted by molar-refractivity contribution is -0.922. The molecule has 28 heteroatoms. The van der Waals surface area contributed by atoms with Crippen molar-refractivity contribution in [3.8, 4) is 11.5 Å². The highest BCUT2D eigenvalue weighted by atomic mass is 16.5. The Morgan fingerprint density at radius 1 is 0.512 bits per heavy atom. The van der Waals surface area contributed by atoms with Gasteiger partial charge in [0.1, 0.15) is 55.4 Å². The quantitative estimate of drug-likeness (QED) is 0.0203. The fraction of sp³-hybridized carbons (Fsp3) is 0.642. The summed E-state index contributed by atoms with van der Waals surface area (Å²) in [5, 5.41) is 32.1. The Kier molecular flexibility index (Phi) is 40.5. The summed E-state index contributed by atoms with van der Waals surface area (Å²) in [6.07, 6.45) is 0.431. The lowest BCUT2D eigenvalue weighted by Gasteiger charge is -2.42. The number of quaternary nitrogens is 2. The maximum Gasteiger partial charge on any atom is 0.326 e. The maximum absolute atomic E-state index is 15.4. The second-order valence-corrected chi connectivity index (χ2v) is 36.3. The van der Waals surface area contributed by atoms with Crippen LogP contribution in [0.5, 0.6) is 11.5 Å². The van der Waals surface area contributed by atoms with E-state index in [1.165, 1.54) is 28.4 Å². The summed E-state index contributed by atoms with van der Waals surface area (Å²) in [7, 11) is 17.0. The molecule has 2 saturated heterocycles. The number of carbonyl (C=O) groups is 10. The molecular weight excluding hydrogens is 1570 g/mol. The number of carboxylic acids is 2. The van der Waals surface area contributed by atoms with Crippen molar-refractivity contribution in [2.24, 2.45) is 47.3 Å². The van der Waals surface area contributed by atoms with Gasteiger partial charge in [0.05, 0.1) is 102 Å². The number of hydrogen-bond acceptors (Lipinski definition) is 16. The number of nitrogens with zero attached hydrogens (tertiary/aromatic N) is 5. The van der Waals surface area contributed by atoms with E-state index in [1.807, 2.05) is 153 Å². The van der Waals surface area contributed by atoms with E-state index in [9.17, 15) is 39.0 Å². The van der Waals surface area contributed by atoms with Crippen molar-refractivity contribution in [1.82, 2.24) is 40.9 Å². The Bertz CT molecular complexity index is 4060. The highest BCUT2D eigenvalue weighted by molar-refractivity contribution is 5.91. The molecule has 2 aliphatic heterocycles. The molecule has 19 atom stereocenters. The summed E-state index contributed by atoms with van der Waals surface area (Å²) < 4.78 is 36.8. The Labute approximate surface area is 731 Å². The van der Waals surface area contributed by atoms with E-state index >= 15 is 19.2 Å². The van der Waals surface area contributed by atoms with Crippen molar-refractivity contribution in [3.05, 3.63) is 131 Å². The molecule has 8 amide bonds. The van der Waals surface area contributed by atoms with E-state index in [4.69, 9.17) is 28.4 Å². The smallest absolute Gasteiger partial charge is 0.326 e. The van der Waals surface area contributed by atoms with E-state index in [0.29, 0.717) is 76.2 Å². The molecule has 0 aromatic heterocycles. The third-order valence-electron chi connectivity index (χ3n) is 25.6. The van der Waals surface area contributed by atoms with Crippen molar-refractivity contribution >= 4 is 59.2 Å². The van der Waals surface area contributed by atoms with Crippen molar-refractivity contribution in [2.45, 2.75) is 266 Å². The van der Waals surface area contributed by atoms with Gasteiger partial charge in [0.15, 0.2) is 12.1 Å². The first-order chi connectivity index (χ1) is 58.1. The standard InChI is InChI=1S/C95H146N10O18/c1-25-61(11)83(76(119-21)52-78(106)103-47-33-39-73(103)86(121-23)63(13)88(108)96-71(94(114)115)50-65-35-29-27-30-36-65)101(16)92(112)80(57(3)4)98-90(110)82(59(7)8)100(15)54-69-49-68(43-46-75(69)123-56-67-41-44-70(118-20)45-42-67)55-105(18,19)85(60(9)10)91(111)99-81(58(5)6)93(113)102(17)84(62(12)26-2)77(120-22)53-79(107)104-48-34-40-74(104)87(122-24)64(14)89(109)97-72(95(116)117)51-66-37-31-28-32-38-66/h27-32,35-38,41-46,49,57-64,71-74,76-77,80-87H,25-26,33-34,39-40,47-48,50-56H2,1-24H3,(H5-,96,97,98,99,108,109,110,111,114,115,116,117)/p+2. The SMILES string of the molecule is CCC(C)C(C(CC(=O)N1CCCC1C(OC)C(C)C(=O)NC(Cc1ccccc1)C(=O)O)OC)N(C)C(=O)C(NC(=O)C(C(C)C)[NH+](C)Cc1cc(C[N+](C)(C)C(C(=O)NC(C(=O)N(C)C(C(C)CC)C(CC(=O)N2CCCC2C(OC)C(C)C(=O)NC(Cc2ccccc2)C(=O)O)OC)C(C)C)C(C)C)ccc1OCc1ccc(OC)cc1)C(C)C. The Morgan fingerprint density at radius 2 is 0.927 bits per heavy atom. The number of likely N-dealkylation sites (N-methyl/N-ethyl adjacent to an activating group) is 4. The second-order valence-electron chi connectivity index (χ2n) is 36.3. The normalized spacial score (nSPS) is 18.6. The highest BCUT2D eigenvalue weighted by Crippen LogP contribution is 2.34. The van der Waals surface area contributed by atoms with Crippen LogP contribution in [0.3, 0.4) is 0 Å². The van der Waals surface area contributed by atoms with E-state index in [2.05, 4.69) is 27.3 Å². The second kappa shape index (κ2) is 48.4. The fourth-order valence-corrected chi connectivity index (χ4v) is 18.7. The Morgan fingerprint density at radius 3 is 1.29 bits per heavy atom. The number of amides is 8. The van der Waals surface area contributed by atoms with Crippen molar-refractivity contribution in [2.75, 3.05) is 83.9 Å². The fourth-order valence-electron chi connectivity index (χ4n) is 18.7. The van der Waals surface area contributed by atoms with E-state index < -0.39 is 120 Å². The van der Waals surface area contributed by atoms with Crippen LogP contribution in [-0.2, 0) is 99.4 Å². The van der Waals surface area contributed by atoms with Crippen LogP contribution in [0.1, 0.15) is 176 Å². The topological polar surface area (TPSA) is 332 Å². The predicted molar refractivity (Wildman–Crippen MR) is 473 cm³/mol. The number of carbonyl (C=O) groups excluding carboxylic acids is 8. The van der Waals surface area contributed by atoms with Gasteiger partial charge in [-0.2, -0.15) is 0 Å². The first-order valence-electron chi connectivity index (χ1n) is 44.2. The van der Waals surface area contributed by atoms with Crippen LogP contribution < -0.4 is 35.6 Å². The lowest BCUT2D eigenvalue weighted by Crippen LogP contribution is -3.14. The molecule has 2 fully saturated rings. The number of ether oxygens (including phenoxy) is 6. The third kappa shape index (κ3) is 27.7. The first-order valence-corrected chi connectivity index (χ1v) is 44.2. The number of hydrogen-bond donors (Lipinski definition) is 7. The molecule has 684 valence electrons. The van der Waals surface area contributed by atoms with Crippen LogP contribution in [-0.4, -0.2) is 262 Å². The van der Waals surface area contributed by atoms with Gasteiger partial charge < -0.3 is 88.9 Å². The number of aliphatic carboxylic acids is 2. The molecule has 28 nitrogen and oxygen atoms in total. The van der Waals surface area contributed by atoms with Crippen LogP contribution in [0.15, 0.2) is 103 Å². The molecule has 2 heterocycles. The summed E-state index contributed by atoms with van der Waals surface area (Å²) in [6, 6.07) is 23.6. The number of methoxy groups -OCH3 is 5. The number of benzene rings is 4. The summed E-state index contributed by atoms with van der Waals surface area (Å²) >= 11 is 0. The van der Waals surface area contributed by atoms with Gasteiger partial charge in [0.25, 0.3) is 11.8 Å². The van der Waals surface area contributed by atoms with Gasteiger partial charge in [-0.1, -0.05) is 183 Å². The predicted octanol–water partition coefficient (Wildman–Crippen LogP) is 8.66. The average Bonchev–Trinajstić information content (AvgIpc) is 1.38. The third-order valence-corrected chi connectivity index (χ3v) is 25.6. The summed E-state index contributed by atoms with van der Waals surface area (Å²) in [6.45, 7) is 28.5. The van der Waals surface area contributed by atoms with E-state index in [-0.39, 0.29) is 108 Å². The largest absolute Gasteiger partial charge is 0.497 e. The van der Waals surface area contributed by atoms with Gasteiger partial charge in [0, 0.05) is 91.4 Å². The van der Waals surface area contributed by atoms with Crippen LogP contribution in [0.25, 0.3) is 0 Å². The molecule has 6 rings (SSSR count). The molecule has 0 spiro atoms. The van der Waals surface area contributed by atoms with E-state index in [0.717, 1.165) is 32.7 Å². The molecule has 0 bridgehead atoms. The zero-order chi connectivity index (χ0) is 91.6. The molecule has 19 unspecified atom stereocenters. The minimum Gasteiger partial charge on any atom is -0.497 e. The van der Waals surface area contributed by atoms with Gasteiger partial charge in [-0.25, -0.2) is 9.59 Å². The minimum absolute atomic E-state index is 0.0814. The van der Waals surface area contributed by atoms with Gasteiger partial charge in [-0.05, 0) is 96.4 Å². The molecule has 123 heavy (non-hydrogen) atoms. The van der Waals surface area contributed by atoms with Gasteiger partial charge in [-0.3, -0.25) is 38.4 Å². The molecule has 4 aromatic carbocycles. The number of carboxylic acid groups (broad SMARTS) is 2. The first kappa shape index (κ1) is 103. The van der Waals surface area contributed by atoms with Crippen molar-refractivity contribution < 1.29 is 96.0 Å².